The summed E-state index contributed by atoms with van der Waals surface area (Å²) >= 11 is 7.26. The van der Waals surface area contributed by atoms with Crippen molar-refractivity contribution in [1.82, 2.24) is 0 Å². The molecule has 1 heterocycles. The minimum Gasteiger partial charge on any atom is -0.491 e. The first-order chi connectivity index (χ1) is 9.63. The van der Waals surface area contributed by atoms with E-state index in [2.05, 4.69) is 31.9 Å². The van der Waals surface area contributed by atoms with E-state index in [4.69, 9.17) is 4.74 Å². The number of Topliss-reactive ketones (excluding diaryl/α,β-unsaturated/α-hetero) is 1. The molecule has 0 aliphatic carbocycles. The van der Waals surface area contributed by atoms with E-state index >= 15 is 0 Å². The lowest BCUT2D eigenvalue weighted by atomic mass is 9.89. The van der Waals surface area contributed by atoms with E-state index in [1.54, 1.807) is 6.07 Å². The maximum absolute atomic E-state index is 12.8. The molecule has 0 unspecified atom stereocenters. The summed E-state index contributed by atoms with van der Waals surface area (Å²) in [6, 6.07) is 17.2. The molecule has 1 aliphatic rings. The third kappa shape index (κ3) is 2.21. The molecule has 2 atom stereocenters. The van der Waals surface area contributed by atoms with Crippen LogP contribution in [0.25, 0.3) is 0 Å². The molecule has 2 aromatic rings. The Balaban J connectivity index is 2.00. The van der Waals surface area contributed by atoms with Crippen molar-refractivity contribution >= 4 is 37.6 Å². The van der Waals surface area contributed by atoms with Crippen molar-refractivity contribution in [3.8, 4) is 5.75 Å². The van der Waals surface area contributed by atoms with E-state index < -0.39 is 4.32 Å². The van der Waals surface area contributed by atoms with Gasteiger partial charge in [0, 0.05) is 0 Å². The number of hydrogen-bond donors (Lipinski definition) is 0. The van der Waals surface area contributed by atoms with Gasteiger partial charge in [-0.05, 0) is 17.7 Å². The Kier molecular flexibility index (Phi) is 3.69. The van der Waals surface area contributed by atoms with Crippen LogP contribution in [0.2, 0.25) is 0 Å². The standard InChI is InChI=1S/C16H12Br2O2/c17-14(11-6-2-1-3-7-11)16(18)10-20-13-9-5-4-8-12(13)15(16)19/h1-9,14H,10H2/t14-,16+/m1/s1. The van der Waals surface area contributed by atoms with Crippen LogP contribution in [0.1, 0.15) is 20.7 Å². The highest BCUT2D eigenvalue weighted by Gasteiger charge is 2.47. The Morgan fingerprint density at radius 3 is 2.45 bits per heavy atom. The first kappa shape index (κ1) is 13.8. The second-order valence-electron chi connectivity index (χ2n) is 4.75. The number of ether oxygens (including phenoxy) is 1. The summed E-state index contributed by atoms with van der Waals surface area (Å²) in [6.07, 6.45) is 0. The van der Waals surface area contributed by atoms with Crippen LogP contribution in [-0.4, -0.2) is 16.7 Å². The van der Waals surface area contributed by atoms with Gasteiger partial charge in [0.25, 0.3) is 0 Å². The fraction of sp³-hybridized carbons (Fsp3) is 0.188. The SMILES string of the molecule is O=C1c2ccccc2OC[C@]1(Br)[C@H](Br)c1ccccc1. The molecule has 2 nitrogen and oxygen atoms in total. The van der Waals surface area contributed by atoms with Crippen LogP contribution in [0.4, 0.5) is 0 Å². The van der Waals surface area contributed by atoms with Gasteiger partial charge < -0.3 is 4.74 Å². The van der Waals surface area contributed by atoms with Gasteiger partial charge in [-0.2, -0.15) is 0 Å². The zero-order valence-electron chi connectivity index (χ0n) is 10.6. The van der Waals surface area contributed by atoms with Crippen molar-refractivity contribution in [2.24, 2.45) is 0 Å². The highest BCUT2D eigenvalue weighted by molar-refractivity contribution is 9.12. The zero-order valence-corrected chi connectivity index (χ0v) is 13.7. The number of carbonyl (C=O) groups excluding carboxylic acids is 1. The van der Waals surface area contributed by atoms with Crippen LogP contribution in [0.15, 0.2) is 54.6 Å². The quantitative estimate of drug-likeness (QED) is 0.698. The van der Waals surface area contributed by atoms with E-state index in [0.29, 0.717) is 17.9 Å². The Hall–Kier alpha value is -1.13. The van der Waals surface area contributed by atoms with Crippen molar-refractivity contribution in [2.45, 2.75) is 9.15 Å². The van der Waals surface area contributed by atoms with Crippen molar-refractivity contribution < 1.29 is 9.53 Å². The first-order valence-electron chi connectivity index (χ1n) is 6.27. The lowest BCUT2D eigenvalue weighted by molar-refractivity contribution is 0.0873. The summed E-state index contributed by atoms with van der Waals surface area (Å²) < 4.78 is 4.97. The first-order valence-corrected chi connectivity index (χ1v) is 7.98. The third-order valence-electron chi connectivity index (χ3n) is 3.44. The van der Waals surface area contributed by atoms with Crippen molar-refractivity contribution in [3.63, 3.8) is 0 Å². The molecule has 3 rings (SSSR count). The minimum atomic E-state index is -0.789. The molecule has 1 aliphatic heterocycles. The normalized spacial score (nSPS) is 22.8. The molecular formula is C16H12Br2O2. The lowest BCUT2D eigenvalue weighted by Crippen LogP contribution is -2.45. The van der Waals surface area contributed by atoms with Crippen LogP contribution in [0, 0.1) is 0 Å². The summed E-state index contributed by atoms with van der Waals surface area (Å²) in [4.78, 5) is 12.6. The minimum absolute atomic E-state index is 0.0464. The molecule has 0 saturated carbocycles. The summed E-state index contributed by atoms with van der Waals surface area (Å²) in [6.45, 7) is 0.299. The number of alkyl halides is 2. The molecule has 0 saturated heterocycles. The van der Waals surface area contributed by atoms with Crippen LogP contribution < -0.4 is 4.74 Å². The van der Waals surface area contributed by atoms with Crippen molar-refractivity contribution in [3.05, 3.63) is 65.7 Å². The van der Waals surface area contributed by atoms with E-state index in [0.717, 1.165) is 5.56 Å². The monoisotopic (exact) mass is 394 g/mol. The van der Waals surface area contributed by atoms with Gasteiger partial charge in [0.1, 0.15) is 16.7 Å². The van der Waals surface area contributed by atoms with Gasteiger partial charge in [0.05, 0.1) is 10.4 Å². The molecule has 20 heavy (non-hydrogen) atoms. The predicted octanol–water partition coefficient (Wildman–Crippen LogP) is 4.53. The fourth-order valence-corrected chi connectivity index (χ4v) is 3.56. The molecule has 2 aromatic carbocycles. The predicted molar refractivity (Wildman–Crippen MR) is 86.0 cm³/mol. The highest BCUT2D eigenvalue weighted by Crippen LogP contribution is 2.46. The topological polar surface area (TPSA) is 26.3 Å². The van der Waals surface area contributed by atoms with Crippen LogP contribution >= 0.6 is 31.9 Å². The number of rotatable bonds is 2. The molecule has 0 radical (unpaired) electrons. The molecule has 0 spiro atoms. The van der Waals surface area contributed by atoms with E-state index in [-0.39, 0.29) is 10.6 Å². The van der Waals surface area contributed by atoms with Crippen LogP contribution in [-0.2, 0) is 0 Å². The highest BCUT2D eigenvalue weighted by atomic mass is 79.9. The second-order valence-corrected chi connectivity index (χ2v) is 7.08. The van der Waals surface area contributed by atoms with Crippen LogP contribution in [0.5, 0.6) is 5.75 Å². The number of fused-ring (bicyclic) bond motifs is 1. The van der Waals surface area contributed by atoms with Gasteiger partial charge in [-0.3, -0.25) is 4.79 Å². The Morgan fingerprint density at radius 2 is 1.70 bits per heavy atom. The Labute approximate surface area is 134 Å². The van der Waals surface area contributed by atoms with Gasteiger partial charge in [-0.1, -0.05) is 74.3 Å². The molecule has 0 fully saturated rings. The number of ketones is 1. The van der Waals surface area contributed by atoms with Gasteiger partial charge in [0.15, 0.2) is 5.78 Å². The smallest absolute Gasteiger partial charge is 0.188 e. The van der Waals surface area contributed by atoms with Gasteiger partial charge in [-0.15, -0.1) is 0 Å². The summed E-state index contributed by atoms with van der Waals surface area (Å²) in [5.41, 5.74) is 1.66. The number of carbonyl (C=O) groups is 1. The largest absolute Gasteiger partial charge is 0.491 e. The molecule has 0 bridgehead atoms. The summed E-state index contributed by atoms with van der Waals surface area (Å²) in [5.74, 6) is 0.699. The average molecular weight is 396 g/mol. The average Bonchev–Trinajstić information content (AvgIpc) is 2.51. The van der Waals surface area contributed by atoms with Crippen LogP contribution in [0.3, 0.4) is 0 Å². The second kappa shape index (κ2) is 5.34. The molecule has 0 amide bonds. The molecular weight excluding hydrogens is 384 g/mol. The zero-order chi connectivity index (χ0) is 14.2. The van der Waals surface area contributed by atoms with E-state index in [9.17, 15) is 4.79 Å². The number of benzene rings is 2. The maximum Gasteiger partial charge on any atom is 0.188 e. The van der Waals surface area contributed by atoms with E-state index in [1.165, 1.54) is 0 Å². The van der Waals surface area contributed by atoms with Crippen molar-refractivity contribution in [2.75, 3.05) is 6.61 Å². The summed E-state index contributed by atoms with van der Waals surface area (Å²) in [5, 5.41) is 0. The van der Waals surface area contributed by atoms with Gasteiger partial charge in [-0.25, -0.2) is 0 Å². The van der Waals surface area contributed by atoms with E-state index in [1.807, 2.05) is 48.5 Å². The molecule has 4 heteroatoms. The van der Waals surface area contributed by atoms with Gasteiger partial charge >= 0.3 is 0 Å². The fourth-order valence-electron chi connectivity index (χ4n) is 2.33. The number of hydrogen-bond acceptors (Lipinski definition) is 2. The number of para-hydroxylation sites is 1. The molecule has 0 N–H and O–H groups in total. The number of halogens is 2. The van der Waals surface area contributed by atoms with Crippen molar-refractivity contribution in [1.29, 1.82) is 0 Å². The maximum atomic E-state index is 12.8. The third-order valence-corrected chi connectivity index (χ3v) is 6.41. The molecule has 0 aromatic heterocycles. The lowest BCUT2D eigenvalue weighted by Gasteiger charge is -2.35. The summed E-state index contributed by atoms with van der Waals surface area (Å²) in [7, 11) is 0. The van der Waals surface area contributed by atoms with Gasteiger partial charge in [0.2, 0.25) is 0 Å². The Morgan fingerprint density at radius 1 is 1.05 bits per heavy atom. The molecule has 102 valence electrons. The Bertz CT molecular complexity index is 642.